The highest BCUT2D eigenvalue weighted by atomic mass is 16.4. The van der Waals surface area contributed by atoms with Crippen LogP contribution in [0.2, 0.25) is 0 Å². The molecule has 4 aliphatic rings. The van der Waals surface area contributed by atoms with Crippen LogP contribution in [0.4, 0.5) is 0 Å². The molecule has 1 aliphatic carbocycles. The van der Waals surface area contributed by atoms with E-state index in [4.69, 9.17) is 9.97 Å². The van der Waals surface area contributed by atoms with Crippen LogP contribution >= 0.6 is 0 Å². The third-order valence-corrected chi connectivity index (χ3v) is 10.3. The van der Waals surface area contributed by atoms with E-state index in [0.29, 0.717) is 51.7 Å². The van der Waals surface area contributed by atoms with Gasteiger partial charge in [-0.05, 0) is 98.2 Å². The molecule has 2 aromatic heterocycles. The van der Waals surface area contributed by atoms with Crippen molar-refractivity contribution in [3.63, 3.8) is 0 Å². The molecule has 0 fully saturated rings. The van der Waals surface area contributed by atoms with Crippen LogP contribution in [0.25, 0.3) is 38.9 Å². The van der Waals surface area contributed by atoms with Gasteiger partial charge in [-0.3, -0.25) is 9.59 Å². The number of carboxylic acid groups (broad SMARTS) is 2. The van der Waals surface area contributed by atoms with E-state index in [2.05, 4.69) is 16.5 Å². The number of aliphatic carboxylic acids is 2. The number of ketones is 1. The molecule has 0 aromatic carbocycles. The maximum Gasteiger partial charge on any atom is 0.332 e. The summed E-state index contributed by atoms with van der Waals surface area (Å²) in [5, 5.41) is 29.8. The van der Waals surface area contributed by atoms with E-state index >= 15 is 0 Å². The Hall–Kier alpha value is -5.68. The largest absolute Gasteiger partial charge is 0.481 e. The number of carbonyl (C=O) groups is 4. The molecular weight excluding hydrogens is 636 g/mol. The molecule has 8 bridgehead atoms. The predicted octanol–water partition coefficient (Wildman–Crippen LogP) is 5.93. The first kappa shape index (κ1) is 34.2. The number of aldehydes is 1. The highest BCUT2D eigenvalue weighted by molar-refractivity contribution is 6.04. The van der Waals surface area contributed by atoms with Gasteiger partial charge in [0.05, 0.1) is 28.7 Å². The minimum Gasteiger partial charge on any atom is -0.481 e. The molecule has 1 unspecified atom stereocenters. The number of fused-ring (bicyclic) bond motifs is 11. The van der Waals surface area contributed by atoms with Crippen molar-refractivity contribution in [1.82, 2.24) is 19.9 Å². The second-order valence-electron chi connectivity index (χ2n) is 13.1. The first-order chi connectivity index (χ1) is 23.8. The number of aryl methyl sites for hydroxylation is 2. The number of aromatic nitrogens is 4. The molecule has 50 heavy (non-hydrogen) atoms. The zero-order valence-electron chi connectivity index (χ0n) is 28.3. The number of allylic oxidation sites excluding steroid dienone is 8. The Morgan fingerprint density at radius 1 is 0.920 bits per heavy atom. The zero-order chi connectivity index (χ0) is 36.1. The van der Waals surface area contributed by atoms with Crippen LogP contribution < -0.4 is 0 Å². The normalized spacial score (nSPS) is 19.0. The predicted molar refractivity (Wildman–Crippen MR) is 190 cm³/mol. The van der Waals surface area contributed by atoms with Crippen LogP contribution in [0.3, 0.4) is 0 Å². The van der Waals surface area contributed by atoms with Gasteiger partial charge in [0.1, 0.15) is 12.9 Å². The maximum absolute atomic E-state index is 13.4. The molecule has 0 amide bonds. The molecule has 0 spiro atoms. The zero-order valence-corrected chi connectivity index (χ0v) is 28.3. The Morgan fingerprint density at radius 3 is 2.28 bits per heavy atom. The van der Waals surface area contributed by atoms with Gasteiger partial charge in [-0.2, -0.15) is 0 Å². The van der Waals surface area contributed by atoms with E-state index < -0.39 is 35.7 Å². The van der Waals surface area contributed by atoms with Crippen molar-refractivity contribution < 1.29 is 34.5 Å². The Labute approximate surface area is 288 Å². The Balaban J connectivity index is 1.78. The van der Waals surface area contributed by atoms with Gasteiger partial charge in [0, 0.05) is 51.8 Å². The van der Waals surface area contributed by atoms with Crippen LogP contribution in [0, 0.1) is 12.8 Å². The third-order valence-electron chi connectivity index (χ3n) is 10.3. The standard InChI is InChI=1S/C39H38N4O7/c1-6-22-19(2)28-15-33-26-11-9-25(38(49)50)37(34(46)18-45)39(26,5)35(43-33)17-29-20(3)23(8-7-13-44)31(42-29)16-32-24(10-12-36(47)48)21(4)27(41-32)14-30(22)40-28/h6,9,11,13-17,37,41,43,45H,1,7-8,10,12,18H2,2-5H3,(H,47,48)(H,49,50)/t37?,39-/m0/s1. The highest BCUT2D eigenvalue weighted by Crippen LogP contribution is 2.52. The fourth-order valence-electron chi connectivity index (χ4n) is 7.57. The molecule has 6 rings (SSSR count). The van der Waals surface area contributed by atoms with E-state index in [-0.39, 0.29) is 24.8 Å². The lowest BCUT2D eigenvalue weighted by Crippen LogP contribution is -2.42. The molecule has 5 N–H and O–H groups in total. The fraction of sp³-hybridized carbons (Fsp3) is 0.282. The number of aliphatic hydroxyl groups excluding tert-OH is 1. The number of H-pyrrole nitrogens is 2. The van der Waals surface area contributed by atoms with Gasteiger partial charge in [0.25, 0.3) is 0 Å². The number of Topliss-reactive ketones (excluding diaryl/α,β-unsaturated/α-hetero) is 1. The van der Waals surface area contributed by atoms with Gasteiger partial charge >= 0.3 is 11.9 Å². The molecule has 11 nitrogen and oxygen atoms in total. The van der Waals surface area contributed by atoms with Crippen LogP contribution in [-0.4, -0.2) is 65.9 Å². The van der Waals surface area contributed by atoms with Crippen molar-refractivity contribution in [3.05, 3.63) is 99.9 Å². The molecule has 256 valence electrons. The van der Waals surface area contributed by atoms with Crippen LogP contribution in [0.5, 0.6) is 0 Å². The van der Waals surface area contributed by atoms with Gasteiger partial charge in [0.15, 0.2) is 5.78 Å². The molecule has 2 aromatic rings. The summed E-state index contributed by atoms with van der Waals surface area (Å²) < 4.78 is 0. The molecule has 0 saturated carbocycles. The number of hydrogen-bond acceptors (Lipinski definition) is 7. The van der Waals surface area contributed by atoms with Crippen molar-refractivity contribution in [1.29, 1.82) is 0 Å². The van der Waals surface area contributed by atoms with Gasteiger partial charge in [0.2, 0.25) is 0 Å². The highest BCUT2D eigenvalue weighted by Gasteiger charge is 2.51. The average molecular weight is 675 g/mol. The summed E-state index contributed by atoms with van der Waals surface area (Å²) in [4.78, 5) is 66.0. The van der Waals surface area contributed by atoms with Crippen molar-refractivity contribution >= 4 is 62.9 Å². The SMILES string of the molecule is C=CC1=C(C)c2cc3[nH]c(cc4nc(cc5[nH]c(cc1n2)c(C)c5CCC(=O)O)C(CCC=O)=C4C)[C@]1(C)C3=CC=C(C(=O)O)C1C(=O)CO. The molecule has 3 aliphatic heterocycles. The minimum absolute atomic E-state index is 0.0776. The third kappa shape index (κ3) is 5.53. The number of aromatic amines is 2. The lowest BCUT2D eigenvalue weighted by Gasteiger charge is -2.37. The number of hydrogen-bond donors (Lipinski definition) is 5. The first-order valence-corrected chi connectivity index (χ1v) is 16.4. The lowest BCUT2D eigenvalue weighted by atomic mass is 9.63. The maximum atomic E-state index is 13.4. The molecule has 11 heteroatoms. The summed E-state index contributed by atoms with van der Waals surface area (Å²) in [5.41, 5.74) is 9.24. The summed E-state index contributed by atoms with van der Waals surface area (Å²) in [6, 6.07) is 7.45. The van der Waals surface area contributed by atoms with Gasteiger partial charge in [-0.15, -0.1) is 0 Å². The van der Waals surface area contributed by atoms with Crippen LogP contribution in [-0.2, 0) is 31.0 Å². The number of rotatable bonds is 10. The summed E-state index contributed by atoms with van der Waals surface area (Å²) in [5.74, 6) is -4.04. The average Bonchev–Trinajstić information content (AvgIpc) is 3.73. The Morgan fingerprint density at radius 2 is 1.62 bits per heavy atom. The second-order valence-corrected chi connectivity index (χ2v) is 13.1. The van der Waals surface area contributed by atoms with E-state index in [1.807, 2.05) is 39.0 Å². The van der Waals surface area contributed by atoms with Crippen molar-refractivity contribution in [2.45, 2.75) is 58.8 Å². The molecule has 2 atom stereocenters. The second kappa shape index (κ2) is 13.0. The minimum atomic E-state index is -1.26. The first-order valence-electron chi connectivity index (χ1n) is 16.4. The number of carbonyl (C=O) groups excluding carboxylic acids is 2. The fourth-order valence-corrected chi connectivity index (χ4v) is 7.57. The monoisotopic (exact) mass is 674 g/mol. The van der Waals surface area contributed by atoms with Gasteiger partial charge < -0.3 is 30.1 Å². The lowest BCUT2D eigenvalue weighted by molar-refractivity contribution is -0.137. The van der Waals surface area contributed by atoms with E-state index in [1.165, 1.54) is 6.08 Å². The Bertz CT molecular complexity index is 2230. The summed E-state index contributed by atoms with van der Waals surface area (Å²) in [6.07, 6.45) is 6.53. The Kier molecular flexibility index (Phi) is 8.87. The van der Waals surface area contributed by atoms with Crippen LogP contribution in [0.1, 0.15) is 85.3 Å². The number of nitrogens with one attached hydrogen (secondary N) is 2. The van der Waals surface area contributed by atoms with Crippen LogP contribution in [0.15, 0.2) is 54.6 Å². The number of carboxylic acids is 2. The molecular formula is C39H38N4O7. The van der Waals surface area contributed by atoms with Crippen molar-refractivity contribution in [2.75, 3.05) is 6.61 Å². The molecule has 5 heterocycles. The van der Waals surface area contributed by atoms with E-state index in [1.54, 1.807) is 25.1 Å². The number of aliphatic hydroxyl groups is 1. The quantitative estimate of drug-likeness (QED) is 0.190. The van der Waals surface area contributed by atoms with Gasteiger partial charge in [-0.25, -0.2) is 14.8 Å². The smallest absolute Gasteiger partial charge is 0.332 e. The van der Waals surface area contributed by atoms with Crippen molar-refractivity contribution in [2.24, 2.45) is 5.92 Å². The summed E-state index contributed by atoms with van der Waals surface area (Å²) >= 11 is 0. The van der Waals surface area contributed by atoms with Gasteiger partial charge in [-0.1, -0.05) is 24.8 Å². The summed E-state index contributed by atoms with van der Waals surface area (Å²) in [6.45, 7) is 10.7. The topological polar surface area (TPSA) is 186 Å². The van der Waals surface area contributed by atoms with E-state index in [0.717, 1.165) is 45.2 Å². The van der Waals surface area contributed by atoms with Crippen molar-refractivity contribution in [3.8, 4) is 0 Å². The molecule has 0 radical (unpaired) electrons. The molecule has 0 saturated heterocycles. The number of nitrogens with zero attached hydrogens (tertiary/aromatic N) is 2. The summed E-state index contributed by atoms with van der Waals surface area (Å²) in [7, 11) is 0. The van der Waals surface area contributed by atoms with E-state index in [9.17, 15) is 34.5 Å².